The standard InChI is InChI=1S/C15H23N3O6.C10H16N4O4.C7H14O2.C6H12O3.3CH4.P2S2/c1-15(2,3)24-14(22)10-23-17-8-7-16-11(19)6-9-18-12(20)4-5-13(18)21;11-7-18-13-5-4-12-8(15)3-6-14-9(16)1-2-10(14)17;1-5-6(8)9-7(2,3)4;1-6(2,3)9-5(8)4-7;;;;3-1-2-4/h4-5,17H,6-10H2,1-3H3,(H,16,19);1-2,13H,3-7,11H2,(H,12,15);5H2,1-4H3;7H,4H2,1-3H3;3*1H4;. The van der Waals surface area contributed by atoms with Crippen molar-refractivity contribution in [1.82, 2.24) is 31.4 Å². The maximum atomic E-state index is 11.6. The van der Waals surface area contributed by atoms with Crippen molar-refractivity contribution in [3.63, 3.8) is 0 Å². The highest BCUT2D eigenvalue weighted by Gasteiger charge is 2.24. The van der Waals surface area contributed by atoms with E-state index in [1.165, 1.54) is 24.3 Å². The molecule has 67 heavy (non-hydrogen) atoms. The molecule has 22 nitrogen and oxygen atoms in total. The lowest BCUT2D eigenvalue weighted by Crippen LogP contribution is -2.37. The van der Waals surface area contributed by atoms with Crippen LogP contribution in [0.4, 0.5) is 0 Å². The SMILES string of the molecule is C.C.C.CC(C)(C)OC(=O)CO.CC(C)(C)OC(=O)CONCCNC(=O)CCN1C(=O)C=CC1=O.CCC(=O)OC(C)(C)C.NCONCCNC(=O)CCN1C(=O)C=CC1=O.S=PP=S. The van der Waals surface area contributed by atoms with Gasteiger partial charge in [0, 0.05) is 96.9 Å². The molecule has 26 heteroatoms. The minimum Gasteiger partial charge on any atom is -0.460 e. The van der Waals surface area contributed by atoms with E-state index in [-0.39, 0.29) is 110 Å². The number of hydrogen-bond donors (Lipinski definition) is 6. The number of rotatable bonds is 20. The van der Waals surface area contributed by atoms with Crippen LogP contribution in [0.2, 0.25) is 0 Å². The van der Waals surface area contributed by atoms with E-state index < -0.39 is 41.6 Å². The fraction of sp³-hybridized carbons (Fsp3) is 0.683. The van der Waals surface area contributed by atoms with Gasteiger partial charge < -0.3 is 35.7 Å². The van der Waals surface area contributed by atoms with Gasteiger partial charge in [0.05, 0.1) is 0 Å². The third-order valence-electron chi connectivity index (χ3n) is 6.21. The van der Waals surface area contributed by atoms with E-state index in [0.717, 1.165) is 23.9 Å². The minimum atomic E-state index is -0.581. The highest BCUT2D eigenvalue weighted by Crippen LogP contribution is 2.11. The highest BCUT2D eigenvalue weighted by atomic mass is 32.7. The Balaban J connectivity index is -0.000000190. The Bertz CT molecular complexity index is 1530. The van der Waals surface area contributed by atoms with Crippen LogP contribution in [-0.2, 0) is 90.7 Å². The van der Waals surface area contributed by atoms with Crippen molar-refractivity contribution >= 4 is 91.1 Å². The predicted octanol–water partition coefficient (Wildman–Crippen LogP) is 2.82. The van der Waals surface area contributed by atoms with Gasteiger partial charge in [0.1, 0.15) is 30.1 Å². The Morgan fingerprint density at radius 1 is 0.597 bits per heavy atom. The number of imide groups is 2. The number of esters is 3. The van der Waals surface area contributed by atoms with Crippen LogP contribution in [0.1, 0.15) is 111 Å². The van der Waals surface area contributed by atoms with Gasteiger partial charge in [-0.2, -0.15) is 5.48 Å². The van der Waals surface area contributed by atoms with Crippen molar-refractivity contribution in [2.24, 2.45) is 5.73 Å². The van der Waals surface area contributed by atoms with E-state index in [4.69, 9.17) is 29.9 Å². The summed E-state index contributed by atoms with van der Waals surface area (Å²) in [6.07, 6.45) is 5.28. The Labute approximate surface area is 410 Å². The van der Waals surface area contributed by atoms with E-state index in [1.54, 1.807) is 48.5 Å². The van der Waals surface area contributed by atoms with E-state index in [9.17, 15) is 43.2 Å². The summed E-state index contributed by atoms with van der Waals surface area (Å²) in [6, 6.07) is 0. The third-order valence-corrected chi connectivity index (χ3v) is 8.88. The van der Waals surface area contributed by atoms with Gasteiger partial charge in [-0.05, 0) is 85.9 Å². The molecule has 0 aliphatic carbocycles. The molecule has 0 saturated carbocycles. The summed E-state index contributed by atoms with van der Waals surface area (Å²) in [5.74, 6) is -3.34. The predicted molar refractivity (Wildman–Crippen MR) is 263 cm³/mol. The molecular weight excluding hydrogens is 957 g/mol. The molecule has 0 spiro atoms. The fourth-order valence-corrected chi connectivity index (χ4v) is 3.88. The Hall–Kier alpha value is -4.09. The molecule has 2 aliphatic heterocycles. The van der Waals surface area contributed by atoms with Gasteiger partial charge >= 0.3 is 17.9 Å². The molecule has 0 fully saturated rings. The van der Waals surface area contributed by atoms with Gasteiger partial charge in [-0.15, -0.1) is 0 Å². The molecule has 0 saturated heterocycles. The second-order valence-electron chi connectivity index (χ2n) is 15.3. The number of carbonyl (C=O) groups excluding carboxylic acids is 9. The van der Waals surface area contributed by atoms with Crippen molar-refractivity contribution in [1.29, 1.82) is 0 Å². The van der Waals surface area contributed by atoms with Crippen LogP contribution in [0.5, 0.6) is 0 Å². The maximum Gasteiger partial charge on any atom is 0.334 e. The third kappa shape index (κ3) is 48.2. The quantitative estimate of drug-likeness (QED) is 0.0194. The topological polar surface area (TPSA) is 301 Å². The second kappa shape index (κ2) is 42.0. The van der Waals surface area contributed by atoms with Crippen LogP contribution in [0.3, 0.4) is 0 Å². The number of amides is 6. The first-order valence-corrected chi connectivity index (χ1v) is 24.1. The molecular formula is C41H77N7O15P2S2. The molecule has 0 aromatic heterocycles. The second-order valence-corrected chi connectivity index (χ2v) is 19.6. The zero-order valence-electron chi connectivity index (χ0n) is 38.1. The van der Waals surface area contributed by atoms with Crippen LogP contribution in [0.15, 0.2) is 24.3 Å². The summed E-state index contributed by atoms with van der Waals surface area (Å²) in [5, 5.41) is 13.4. The smallest absolute Gasteiger partial charge is 0.334 e. The molecule has 7 N–H and O–H groups in total. The monoisotopic (exact) mass is 1030 g/mol. The van der Waals surface area contributed by atoms with E-state index in [1.807, 2.05) is 20.8 Å². The van der Waals surface area contributed by atoms with Crippen LogP contribution in [-0.4, -0.2) is 144 Å². The molecule has 0 aromatic carbocycles. The van der Waals surface area contributed by atoms with E-state index in [0.29, 0.717) is 19.5 Å². The van der Waals surface area contributed by atoms with Gasteiger partial charge in [-0.3, -0.25) is 53.0 Å². The maximum absolute atomic E-state index is 11.6. The fourth-order valence-electron chi connectivity index (χ4n) is 3.88. The van der Waals surface area contributed by atoms with Crippen LogP contribution >= 0.6 is 14.1 Å². The molecule has 2 heterocycles. The van der Waals surface area contributed by atoms with Gasteiger partial charge in [-0.25, -0.2) is 15.1 Å². The van der Waals surface area contributed by atoms with E-state index >= 15 is 0 Å². The Morgan fingerprint density at radius 2 is 0.925 bits per heavy atom. The van der Waals surface area contributed by atoms with Crippen molar-refractivity contribution in [3.05, 3.63) is 24.3 Å². The van der Waals surface area contributed by atoms with Crippen LogP contribution in [0, 0.1) is 0 Å². The average molecular weight is 1030 g/mol. The number of ether oxygens (including phenoxy) is 3. The number of nitrogens with two attached hydrogens (primary N) is 1. The van der Waals surface area contributed by atoms with Gasteiger partial charge in [0.25, 0.3) is 23.6 Å². The zero-order valence-corrected chi connectivity index (χ0v) is 41.6. The first-order valence-electron chi connectivity index (χ1n) is 19.6. The summed E-state index contributed by atoms with van der Waals surface area (Å²) in [6.45, 7) is 18.7. The summed E-state index contributed by atoms with van der Waals surface area (Å²) < 4.78 is 14.7. The molecule has 2 rings (SSSR count). The number of nitrogens with one attached hydrogen (secondary N) is 4. The Kier molecular flexibility index (Phi) is 46.7. The summed E-state index contributed by atoms with van der Waals surface area (Å²) in [4.78, 5) is 112. The largest absolute Gasteiger partial charge is 0.460 e. The molecule has 0 radical (unpaired) electrons. The summed E-state index contributed by atoms with van der Waals surface area (Å²) in [5.41, 5.74) is 8.74. The number of nitrogens with zero attached hydrogens (tertiary/aromatic N) is 2. The number of aliphatic hydroxyl groups is 1. The lowest BCUT2D eigenvalue weighted by molar-refractivity contribution is -0.163. The van der Waals surface area contributed by atoms with Crippen molar-refractivity contribution < 1.29 is 72.1 Å². The molecule has 0 bridgehead atoms. The lowest BCUT2D eigenvalue weighted by atomic mass is 10.2. The molecule has 388 valence electrons. The van der Waals surface area contributed by atoms with Crippen molar-refractivity contribution in [2.75, 3.05) is 59.2 Å². The van der Waals surface area contributed by atoms with Crippen LogP contribution < -0.4 is 27.3 Å². The van der Waals surface area contributed by atoms with Crippen molar-refractivity contribution in [2.45, 2.75) is 128 Å². The molecule has 0 aromatic rings. The summed E-state index contributed by atoms with van der Waals surface area (Å²) >= 11 is 8.82. The molecule has 6 amide bonds. The van der Waals surface area contributed by atoms with E-state index in [2.05, 4.69) is 50.0 Å². The molecule has 2 aliphatic rings. The first kappa shape index (κ1) is 74.4. The highest BCUT2D eigenvalue weighted by molar-refractivity contribution is 8.40. The number of hydroxylamine groups is 2. The first-order chi connectivity index (χ1) is 29.7. The number of carbonyl (C=O) groups is 9. The zero-order chi connectivity index (χ0) is 49.9. The minimum absolute atomic E-state index is 0. The van der Waals surface area contributed by atoms with Crippen LogP contribution in [0.25, 0.3) is 0 Å². The Morgan fingerprint density at radius 3 is 1.19 bits per heavy atom. The lowest BCUT2D eigenvalue weighted by Gasteiger charge is -2.19. The average Bonchev–Trinajstić information content (AvgIpc) is 3.69. The normalized spacial score (nSPS) is 12.5. The number of aliphatic hydroxyl groups excluding tert-OH is 1. The van der Waals surface area contributed by atoms with Gasteiger partial charge in [-0.1, -0.05) is 29.2 Å². The van der Waals surface area contributed by atoms with Crippen molar-refractivity contribution in [3.8, 4) is 0 Å². The van der Waals surface area contributed by atoms with Gasteiger partial charge in [0.2, 0.25) is 11.8 Å². The molecule has 0 unspecified atom stereocenters. The van der Waals surface area contributed by atoms with Gasteiger partial charge in [0.15, 0.2) is 6.61 Å². The molecule has 0 atom stereocenters. The summed E-state index contributed by atoms with van der Waals surface area (Å²) in [7, 11) is 1.74. The number of hydrogen-bond acceptors (Lipinski definition) is 20.